The highest BCUT2D eigenvalue weighted by Crippen LogP contribution is 2.35. The normalized spacial score (nSPS) is 18.1. The molecule has 0 saturated heterocycles. The van der Waals surface area contributed by atoms with E-state index in [0.717, 1.165) is 5.56 Å². The second-order valence-electron chi connectivity index (χ2n) is 4.20. The van der Waals surface area contributed by atoms with Gasteiger partial charge in [0.1, 0.15) is 0 Å². The van der Waals surface area contributed by atoms with Crippen molar-refractivity contribution in [2.24, 2.45) is 0 Å². The molecule has 76 valence electrons. The molecule has 2 rings (SSSR count). The topological polar surface area (TPSA) is 52.5 Å². The number of benzene rings is 1. The molecule has 1 aliphatic rings. The number of aromatic hydroxyl groups is 2. The van der Waals surface area contributed by atoms with E-state index in [9.17, 15) is 10.2 Å². The largest absolute Gasteiger partial charge is 0.504 e. The van der Waals surface area contributed by atoms with Gasteiger partial charge in [-0.2, -0.15) is 0 Å². The molecule has 1 aromatic carbocycles. The smallest absolute Gasteiger partial charge is 0.161 e. The van der Waals surface area contributed by atoms with Gasteiger partial charge in [-0.1, -0.05) is 12.1 Å². The zero-order valence-corrected chi connectivity index (χ0v) is 8.25. The molecule has 0 heterocycles. The van der Waals surface area contributed by atoms with E-state index in [2.05, 4.69) is 12.2 Å². The first-order chi connectivity index (χ1) is 6.61. The fourth-order valence-corrected chi connectivity index (χ4v) is 1.39. The summed E-state index contributed by atoms with van der Waals surface area (Å²) in [6, 6.07) is 5.03. The second-order valence-corrected chi connectivity index (χ2v) is 4.20. The van der Waals surface area contributed by atoms with E-state index in [4.69, 9.17) is 0 Å². The summed E-state index contributed by atoms with van der Waals surface area (Å²) in [6.45, 7) is 2.77. The second kappa shape index (κ2) is 3.17. The Morgan fingerprint density at radius 2 is 2.07 bits per heavy atom. The van der Waals surface area contributed by atoms with E-state index in [-0.39, 0.29) is 17.0 Å². The van der Waals surface area contributed by atoms with Gasteiger partial charge >= 0.3 is 0 Å². The molecule has 1 fully saturated rings. The van der Waals surface area contributed by atoms with E-state index in [1.165, 1.54) is 18.9 Å². The Morgan fingerprint density at radius 3 is 2.71 bits per heavy atom. The van der Waals surface area contributed by atoms with E-state index >= 15 is 0 Å². The van der Waals surface area contributed by atoms with E-state index in [1.54, 1.807) is 6.07 Å². The van der Waals surface area contributed by atoms with Crippen LogP contribution in [0.15, 0.2) is 18.2 Å². The lowest BCUT2D eigenvalue weighted by Gasteiger charge is -2.12. The van der Waals surface area contributed by atoms with Crippen molar-refractivity contribution in [2.45, 2.75) is 31.8 Å². The monoisotopic (exact) mass is 193 g/mol. The fourth-order valence-electron chi connectivity index (χ4n) is 1.39. The summed E-state index contributed by atoms with van der Waals surface area (Å²) in [7, 11) is 0. The molecule has 0 amide bonds. The minimum absolute atomic E-state index is 0.00995. The first kappa shape index (κ1) is 9.34. The molecule has 1 aliphatic carbocycles. The SMILES string of the molecule is CC1(NCc2cccc(O)c2O)CC1. The Morgan fingerprint density at radius 1 is 1.36 bits per heavy atom. The van der Waals surface area contributed by atoms with Gasteiger partial charge in [-0.15, -0.1) is 0 Å². The lowest BCUT2D eigenvalue weighted by molar-refractivity contribution is 0.395. The molecule has 1 saturated carbocycles. The third-order valence-corrected chi connectivity index (χ3v) is 2.80. The van der Waals surface area contributed by atoms with E-state index in [0.29, 0.717) is 6.54 Å². The maximum atomic E-state index is 9.52. The van der Waals surface area contributed by atoms with Crippen molar-refractivity contribution >= 4 is 0 Å². The lowest BCUT2D eigenvalue weighted by atomic mass is 10.1. The quantitative estimate of drug-likeness (QED) is 0.641. The van der Waals surface area contributed by atoms with Crippen molar-refractivity contribution in [1.29, 1.82) is 0 Å². The summed E-state index contributed by atoms with van der Waals surface area (Å²) in [6.07, 6.45) is 2.37. The Bertz CT molecular complexity index is 345. The number of para-hydroxylation sites is 1. The zero-order chi connectivity index (χ0) is 10.2. The average molecular weight is 193 g/mol. The molecule has 0 atom stereocenters. The first-order valence-corrected chi connectivity index (χ1v) is 4.86. The molecule has 0 radical (unpaired) electrons. The Balaban J connectivity index is 2.05. The molecule has 1 aromatic rings. The van der Waals surface area contributed by atoms with Crippen LogP contribution in [0.5, 0.6) is 11.5 Å². The van der Waals surface area contributed by atoms with E-state index < -0.39 is 0 Å². The Labute approximate surface area is 83.4 Å². The van der Waals surface area contributed by atoms with Crippen molar-refractivity contribution in [3.05, 3.63) is 23.8 Å². The fraction of sp³-hybridized carbons (Fsp3) is 0.455. The predicted molar refractivity (Wildman–Crippen MR) is 54.3 cm³/mol. The van der Waals surface area contributed by atoms with Crippen LogP contribution in [0.3, 0.4) is 0 Å². The third kappa shape index (κ3) is 1.82. The van der Waals surface area contributed by atoms with Gasteiger partial charge in [0.2, 0.25) is 0 Å². The van der Waals surface area contributed by atoms with Gasteiger partial charge < -0.3 is 15.5 Å². The summed E-state index contributed by atoms with van der Waals surface area (Å²) in [5.41, 5.74) is 0.996. The summed E-state index contributed by atoms with van der Waals surface area (Å²) in [5, 5.41) is 22.1. The van der Waals surface area contributed by atoms with Gasteiger partial charge in [0, 0.05) is 17.6 Å². The maximum Gasteiger partial charge on any atom is 0.161 e. The van der Waals surface area contributed by atoms with Gasteiger partial charge in [0.15, 0.2) is 11.5 Å². The molecular formula is C11H15NO2. The molecule has 0 spiro atoms. The molecular weight excluding hydrogens is 178 g/mol. The van der Waals surface area contributed by atoms with E-state index in [1.807, 2.05) is 6.07 Å². The molecule has 3 nitrogen and oxygen atoms in total. The predicted octanol–water partition coefficient (Wildman–Crippen LogP) is 1.74. The standard InChI is InChI=1S/C11H15NO2/c1-11(5-6-11)12-7-8-3-2-4-9(13)10(8)14/h2-4,12-14H,5-7H2,1H3. The van der Waals surface area contributed by atoms with Crippen LogP contribution in [0.1, 0.15) is 25.3 Å². The number of nitrogens with one attached hydrogen (secondary N) is 1. The maximum absolute atomic E-state index is 9.52. The van der Waals surface area contributed by atoms with Crippen LogP contribution in [0, 0.1) is 0 Å². The number of rotatable bonds is 3. The molecule has 3 heteroatoms. The van der Waals surface area contributed by atoms with Gasteiger partial charge in [0.05, 0.1) is 0 Å². The number of hydrogen-bond donors (Lipinski definition) is 3. The molecule has 0 aliphatic heterocycles. The van der Waals surface area contributed by atoms with Gasteiger partial charge in [-0.3, -0.25) is 0 Å². The first-order valence-electron chi connectivity index (χ1n) is 4.86. The van der Waals surface area contributed by atoms with Crippen LogP contribution in [0.4, 0.5) is 0 Å². The highest BCUT2D eigenvalue weighted by molar-refractivity contribution is 5.44. The van der Waals surface area contributed by atoms with Crippen molar-refractivity contribution < 1.29 is 10.2 Å². The van der Waals surface area contributed by atoms with Crippen LogP contribution >= 0.6 is 0 Å². The highest BCUT2D eigenvalue weighted by Gasteiger charge is 2.36. The van der Waals surface area contributed by atoms with Crippen LogP contribution in [0.25, 0.3) is 0 Å². The summed E-state index contributed by atoms with van der Waals surface area (Å²) >= 11 is 0. The lowest BCUT2D eigenvalue weighted by Crippen LogP contribution is -2.26. The summed E-state index contributed by atoms with van der Waals surface area (Å²) < 4.78 is 0. The van der Waals surface area contributed by atoms with Crippen molar-refractivity contribution in [1.82, 2.24) is 5.32 Å². The Kier molecular flexibility index (Phi) is 2.11. The number of hydrogen-bond acceptors (Lipinski definition) is 3. The van der Waals surface area contributed by atoms with Crippen LogP contribution in [-0.2, 0) is 6.54 Å². The Hall–Kier alpha value is -1.22. The van der Waals surface area contributed by atoms with Crippen molar-refractivity contribution in [3.8, 4) is 11.5 Å². The van der Waals surface area contributed by atoms with Gasteiger partial charge in [-0.25, -0.2) is 0 Å². The number of phenolic OH excluding ortho intramolecular Hbond substituents is 2. The highest BCUT2D eigenvalue weighted by atomic mass is 16.3. The van der Waals surface area contributed by atoms with Gasteiger partial charge in [0.25, 0.3) is 0 Å². The zero-order valence-electron chi connectivity index (χ0n) is 8.25. The summed E-state index contributed by atoms with van der Waals surface area (Å²) in [5.74, 6) is -0.0606. The minimum Gasteiger partial charge on any atom is -0.504 e. The van der Waals surface area contributed by atoms with Gasteiger partial charge in [-0.05, 0) is 25.8 Å². The molecule has 14 heavy (non-hydrogen) atoms. The molecule has 0 aromatic heterocycles. The van der Waals surface area contributed by atoms with Crippen LogP contribution < -0.4 is 5.32 Å². The average Bonchev–Trinajstić information content (AvgIpc) is 2.88. The minimum atomic E-state index is -0.0507. The van der Waals surface area contributed by atoms with Crippen molar-refractivity contribution in [2.75, 3.05) is 0 Å². The van der Waals surface area contributed by atoms with Crippen LogP contribution in [-0.4, -0.2) is 15.8 Å². The molecule has 0 unspecified atom stereocenters. The molecule has 3 N–H and O–H groups in total. The molecule has 0 bridgehead atoms. The van der Waals surface area contributed by atoms with Crippen LogP contribution in [0.2, 0.25) is 0 Å². The number of phenols is 2. The summed E-state index contributed by atoms with van der Waals surface area (Å²) in [4.78, 5) is 0. The van der Waals surface area contributed by atoms with Crippen molar-refractivity contribution in [3.63, 3.8) is 0 Å². The third-order valence-electron chi connectivity index (χ3n) is 2.80.